The summed E-state index contributed by atoms with van der Waals surface area (Å²) in [6.45, 7) is 8.53. The molecular weight excluding hydrogens is 320 g/mol. The van der Waals surface area contributed by atoms with Crippen molar-refractivity contribution in [2.45, 2.75) is 26.4 Å². The van der Waals surface area contributed by atoms with Crippen LogP contribution in [0.4, 0.5) is 5.69 Å². The molecule has 1 aromatic carbocycles. The molecule has 2 aromatic rings. The van der Waals surface area contributed by atoms with Gasteiger partial charge in [0.1, 0.15) is 11.5 Å². The molecule has 0 fully saturated rings. The molecule has 1 heterocycles. The molecule has 0 saturated heterocycles. The number of guanidine groups is 1. The van der Waals surface area contributed by atoms with E-state index >= 15 is 0 Å². The molecule has 7 heteroatoms. The van der Waals surface area contributed by atoms with Crippen molar-refractivity contribution in [3.05, 3.63) is 76.3 Å². The third-order valence-corrected chi connectivity index (χ3v) is 3.52. The first-order valence-corrected chi connectivity index (χ1v) is 7.95. The Kier molecular flexibility index (Phi) is 6.33. The van der Waals surface area contributed by atoms with Crippen LogP contribution in [0.5, 0.6) is 0 Å². The number of nitrogens with one attached hydrogen (secondary N) is 2. The zero-order valence-corrected chi connectivity index (χ0v) is 14.4. The third kappa shape index (κ3) is 5.49. The Balaban J connectivity index is 2.05. The van der Waals surface area contributed by atoms with E-state index in [1.807, 2.05) is 26.0 Å². The first kappa shape index (κ1) is 18.3. The smallest absolute Gasteiger partial charge is 0.269 e. The minimum atomic E-state index is -0.418. The molecule has 2 rings (SSSR count). The van der Waals surface area contributed by atoms with Crippen molar-refractivity contribution in [3.8, 4) is 0 Å². The number of nitrogens with zero attached hydrogens (tertiary/aromatic N) is 2. The van der Waals surface area contributed by atoms with Crippen LogP contribution in [0, 0.1) is 17.0 Å². The van der Waals surface area contributed by atoms with Crippen LogP contribution in [0.3, 0.4) is 0 Å². The van der Waals surface area contributed by atoms with E-state index in [1.54, 1.807) is 18.2 Å². The van der Waals surface area contributed by atoms with E-state index < -0.39 is 4.92 Å². The molecule has 0 aliphatic heterocycles. The molecule has 0 bridgehead atoms. The van der Waals surface area contributed by atoms with Gasteiger partial charge in [-0.05, 0) is 31.5 Å². The molecule has 1 aromatic heterocycles. The number of aryl methyl sites for hydroxylation is 1. The van der Waals surface area contributed by atoms with Gasteiger partial charge < -0.3 is 15.1 Å². The number of hydrogen-bond donors (Lipinski definition) is 2. The van der Waals surface area contributed by atoms with Gasteiger partial charge in [0.25, 0.3) is 5.69 Å². The maximum Gasteiger partial charge on any atom is 0.269 e. The van der Waals surface area contributed by atoms with Gasteiger partial charge in [-0.1, -0.05) is 18.2 Å². The van der Waals surface area contributed by atoms with Crippen molar-refractivity contribution < 1.29 is 9.34 Å². The fourth-order valence-corrected chi connectivity index (χ4v) is 2.18. The van der Waals surface area contributed by atoms with Crippen LogP contribution in [0.1, 0.15) is 30.0 Å². The Hall–Kier alpha value is -3.09. The second kappa shape index (κ2) is 8.68. The van der Waals surface area contributed by atoms with E-state index in [0.29, 0.717) is 19.0 Å². The molecule has 0 radical (unpaired) electrons. The largest absolute Gasteiger partial charge is 0.464 e. The fourth-order valence-electron chi connectivity index (χ4n) is 2.18. The number of hydrogen-bond acceptors (Lipinski definition) is 4. The number of rotatable bonds is 7. The maximum atomic E-state index is 10.7. The Labute approximate surface area is 146 Å². The van der Waals surface area contributed by atoms with Gasteiger partial charge in [0, 0.05) is 18.7 Å². The second-order valence-corrected chi connectivity index (χ2v) is 5.57. The van der Waals surface area contributed by atoms with E-state index in [0.717, 1.165) is 17.1 Å². The molecule has 0 saturated carbocycles. The summed E-state index contributed by atoms with van der Waals surface area (Å²) in [5.41, 5.74) is 0.949. The Morgan fingerprint density at radius 2 is 2.08 bits per heavy atom. The second-order valence-electron chi connectivity index (χ2n) is 5.57. The molecule has 0 aliphatic rings. The zero-order valence-electron chi connectivity index (χ0n) is 14.4. The van der Waals surface area contributed by atoms with Crippen LogP contribution in [-0.4, -0.2) is 17.4 Å². The normalized spacial score (nSPS) is 12.5. The molecule has 1 atom stereocenters. The number of benzene rings is 1. The fraction of sp³-hybridized carbons (Fsp3) is 0.278. The van der Waals surface area contributed by atoms with Crippen molar-refractivity contribution in [2.24, 2.45) is 4.99 Å². The van der Waals surface area contributed by atoms with E-state index in [9.17, 15) is 10.1 Å². The Bertz CT molecular complexity index is 750. The molecule has 0 spiro atoms. The average molecular weight is 342 g/mol. The van der Waals surface area contributed by atoms with E-state index in [4.69, 9.17) is 4.42 Å². The Morgan fingerprint density at radius 1 is 1.36 bits per heavy atom. The topological polar surface area (TPSA) is 92.7 Å². The molecule has 1 unspecified atom stereocenters. The summed E-state index contributed by atoms with van der Waals surface area (Å²) in [7, 11) is 0. The monoisotopic (exact) mass is 342 g/mol. The number of aliphatic imine (C=N–C) groups is 1. The van der Waals surface area contributed by atoms with E-state index in [1.165, 1.54) is 12.1 Å². The SMILES string of the molecule is C=CCNC(=NCc1ccc([N+](=O)[O-])cc1)NC(C)c1ccc(C)o1. The van der Waals surface area contributed by atoms with Crippen LogP contribution < -0.4 is 10.6 Å². The van der Waals surface area contributed by atoms with Gasteiger partial charge in [-0.25, -0.2) is 4.99 Å². The average Bonchev–Trinajstić information content (AvgIpc) is 3.04. The highest BCUT2D eigenvalue weighted by molar-refractivity contribution is 5.80. The lowest BCUT2D eigenvalue weighted by Crippen LogP contribution is -2.38. The summed E-state index contributed by atoms with van der Waals surface area (Å²) in [6.07, 6.45) is 1.74. The summed E-state index contributed by atoms with van der Waals surface area (Å²) in [4.78, 5) is 14.8. The highest BCUT2D eigenvalue weighted by atomic mass is 16.6. The molecule has 2 N–H and O–H groups in total. The summed E-state index contributed by atoms with van der Waals surface area (Å²) in [6, 6.07) is 10.1. The standard InChI is InChI=1S/C18H22N4O3/c1-4-11-19-18(21-14(3)17-10-5-13(2)25-17)20-12-15-6-8-16(9-7-15)22(23)24/h4-10,14H,1,11-12H2,2-3H3,(H2,19,20,21). The zero-order chi connectivity index (χ0) is 18.2. The van der Waals surface area contributed by atoms with Crippen LogP contribution in [0.15, 0.2) is 58.5 Å². The lowest BCUT2D eigenvalue weighted by atomic mass is 10.2. The van der Waals surface area contributed by atoms with Gasteiger partial charge in [0.05, 0.1) is 17.5 Å². The number of non-ortho nitro benzene ring substituents is 1. The van der Waals surface area contributed by atoms with E-state index in [-0.39, 0.29) is 11.7 Å². The predicted molar refractivity (Wildman–Crippen MR) is 97.4 cm³/mol. The molecular formula is C18H22N4O3. The van der Waals surface area contributed by atoms with Gasteiger partial charge in [0.2, 0.25) is 0 Å². The summed E-state index contributed by atoms with van der Waals surface area (Å²) in [5.74, 6) is 2.29. The van der Waals surface area contributed by atoms with E-state index in [2.05, 4.69) is 22.2 Å². The third-order valence-electron chi connectivity index (χ3n) is 3.52. The van der Waals surface area contributed by atoms with Crippen LogP contribution in [0.25, 0.3) is 0 Å². The molecule has 132 valence electrons. The quantitative estimate of drug-likeness (QED) is 0.264. The van der Waals surface area contributed by atoms with Crippen molar-refractivity contribution >= 4 is 11.6 Å². The number of furan rings is 1. The highest BCUT2D eigenvalue weighted by Crippen LogP contribution is 2.16. The van der Waals surface area contributed by atoms with Crippen LogP contribution in [-0.2, 0) is 6.54 Å². The Morgan fingerprint density at radius 3 is 2.64 bits per heavy atom. The van der Waals surface area contributed by atoms with Crippen molar-refractivity contribution in [1.29, 1.82) is 0 Å². The lowest BCUT2D eigenvalue weighted by molar-refractivity contribution is -0.384. The first-order chi connectivity index (χ1) is 12.0. The van der Waals surface area contributed by atoms with Crippen molar-refractivity contribution in [1.82, 2.24) is 10.6 Å². The molecule has 0 aliphatic carbocycles. The maximum absolute atomic E-state index is 10.7. The van der Waals surface area contributed by atoms with Gasteiger partial charge in [-0.2, -0.15) is 0 Å². The van der Waals surface area contributed by atoms with Gasteiger partial charge >= 0.3 is 0 Å². The predicted octanol–water partition coefficient (Wildman–Crippen LogP) is 3.48. The van der Waals surface area contributed by atoms with Gasteiger partial charge in [0.15, 0.2) is 5.96 Å². The van der Waals surface area contributed by atoms with Crippen molar-refractivity contribution in [3.63, 3.8) is 0 Å². The summed E-state index contributed by atoms with van der Waals surface area (Å²) >= 11 is 0. The number of nitro groups is 1. The minimum absolute atomic E-state index is 0.0540. The highest BCUT2D eigenvalue weighted by Gasteiger charge is 2.11. The van der Waals surface area contributed by atoms with Crippen LogP contribution >= 0.6 is 0 Å². The molecule has 0 amide bonds. The molecule has 7 nitrogen and oxygen atoms in total. The van der Waals surface area contributed by atoms with Crippen LogP contribution in [0.2, 0.25) is 0 Å². The summed E-state index contributed by atoms with van der Waals surface area (Å²) < 4.78 is 5.62. The number of nitro benzene ring substituents is 1. The first-order valence-electron chi connectivity index (χ1n) is 7.95. The van der Waals surface area contributed by atoms with Crippen molar-refractivity contribution in [2.75, 3.05) is 6.54 Å². The van der Waals surface area contributed by atoms with Gasteiger partial charge in [-0.15, -0.1) is 6.58 Å². The minimum Gasteiger partial charge on any atom is -0.464 e. The summed E-state index contributed by atoms with van der Waals surface area (Å²) in [5, 5.41) is 17.1. The molecule has 25 heavy (non-hydrogen) atoms. The lowest BCUT2D eigenvalue weighted by Gasteiger charge is -2.16. The van der Waals surface area contributed by atoms with Gasteiger partial charge in [-0.3, -0.25) is 10.1 Å².